The molecule has 2 rings (SSSR count). The van der Waals surface area contributed by atoms with Crippen molar-refractivity contribution in [1.82, 2.24) is 15.0 Å². The maximum absolute atomic E-state index is 11.1. The van der Waals surface area contributed by atoms with E-state index in [1.807, 2.05) is 13.8 Å². The lowest BCUT2D eigenvalue weighted by molar-refractivity contribution is 0.0687. The van der Waals surface area contributed by atoms with Crippen molar-refractivity contribution in [3.05, 3.63) is 35.7 Å². The third-order valence-electron chi connectivity index (χ3n) is 2.85. The molecule has 112 valence electrons. The first kappa shape index (κ1) is 14.8. The van der Waals surface area contributed by atoms with E-state index < -0.39 is 5.97 Å². The summed E-state index contributed by atoms with van der Waals surface area (Å²) in [5, 5.41) is 16.5. The van der Waals surface area contributed by atoms with Gasteiger partial charge in [0.1, 0.15) is 23.8 Å². The summed E-state index contributed by atoms with van der Waals surface area (Å²) in [5.74, 6) is 0.273. The van der Waals surface area contributed by atoms with Crippen LogP contribution < -0.4 is 9.47 Å². The van der Waals surface area contributed by atoms with Crippen LogP contribution in [0.25, 0.3) is 0 Å². The van der Waals surface area contributed by atoms with Crippen molar-refractivity contribution in [2.75, 3.05) is 6.61 Å². The SMILES string of the molecule is CCOc1ccc(OCc2c(C(=O)O)nnn2CC)cc1. The minimum Gasteiger partial charge on any atom is -0.494 e. The average Bonchev–Trinajstić information content (AvgIpc) is 2.90. The van der Waals surface area contributed by atoms with Gasteiger partial charge in [-0.3, -0.25) is 0 Å². The first-order chi connectivity index (χ1) is 10.2. The molecule has 0 aliphatic heterocycles. The molecule has 0 bridgehead atoms. The smallest absolute Gasteiger partial charge is 0.358 e. The molecule has 1 aromatic heterocycles. The third-order valence-corrected chi connectivity index (χ3v) is 2.85. The van der Waals surface area contributed by atoms with Crippen LogP contribution >= 0.6 is 0 Å². The lowest BCUT2D eigenvalue weighted by atomic mass is 10.3. The van der Waals surface area contributed by atoms with Gasteiger partial charge in [0.2, 0.25) is 0 Å². The van der Waals surface area contributed by atoms with Gasteiger partial charge in [-0.1, -0.05) is 5.21 Å². The van der Waals surface area contributed by atoms with E-state index >= 15 is 0 Å². The van der Waals surface area contributed by atoms with Crippen molar-refractivity contribution in [3.8, 4) is 11.5 Å². The third kappa shape index (κ3) is 3.50. The van der Waals surface area contributed by atoms with Crippen LogP contribution in [0.1, 0.15) is 30.0 Å². The summed E-state index contributed by atoms with van der Waals surface area (Å²) >= 11 is 0. The van der Waals surface area contributed by atoms with Crippen molar-refractivity contribution in [2.24, 2.45) is 0 Å². The molecule has 7 nitrogen and oxygen atoms in total. The lowest BCUT2D eigenvalue weighted by Crippen LogP contribution is -2.10. The van der Waals surface area contributed by atoms with Crippen LogP contribution in [-0.4, -0.2) is 32.7 Å². The molecule has 1 aromatic carbocycles. The Labute approximate surface area is 122 Å². The molecule has 0 aliphatic rings. The topological polar surface area (TPSA) is 86.5 Å². The minimum absolute atomic E-state index is 0.0808. The maximum Gasteiger partial charge on any atom is 0.358 e. The van der Waals surface area contributed by atoms with E-state index in [2.05, 4.69) is 10.3 Å². The van der Waals surface area contributed by atoms with E-state index in [0.29, 0.717) is 24.6 Å². The fraction of sp³-hybridized carbons (Fsp3) is 0.357. The van der Waals surface area contributed by atoms with Crippen LogP contribution in [0.3, 0.4) is 0 Å². The van der Waals surface area contributed by atoms with Gasteiger partial charge < -0.3 is 14.6 Å². The second kappa shape index (κ2) is 6.74. The van der Waals surface area contributed by atoms with E-state index in [-0.39, 0.29) is 12.3 Å². The van der Waals surface area contributed by atoms with Crippen LogP contribution in [-0.2, 0) is 13.2 Å². The zero-order valence-corrected chi connectivity index (χ0v) is 11.9. The fourth-order valence-corrected chi connectivity index (χ4v) is 1.85. The highest BCUT2D eigenvalue weighted by Crippen LogP contribution is 2.19. The fourth-order valence-electron chi connectivity index (χ4n) is 1.85. The predicted octanol–water partition coefficient (Wildman–Crippen LogP) is 1.97. The van der Waals surface area contributed by atoms with Crippen LogP contribution in [0.5, 0.6) is 11.5 Å². The van der Waals surface area contributed by atoms with Crippen LogP contribution in [0.4, 0.5) is 0 Å². The number of carboxylic acids is 1. The van der Waals surface area contributed by atoms with Gasteiger partial charge >= 0.3 is 5.97 Å². The number of nitrogens with zero attached hydrogens (tertiary/aromatic N) is 3. The minimum atomic E-state index is -1.11. The number of aromatic carboxylic acids is 1. The van der Waals surface area contributed by atoms with E-state index in [4.69, 9.17) is 14.6 Å². The Morgan fingerprint density at radius 3 is 2.33 bits per heavy atom. The second-order valence-electron chi connectivity index (χ2n) is 4.20. The van der Waals surface area contributed by atoms with Gasteiger partial charge in [0.15, 0.2) is 5.69 Å². The van der Waals surface area contributed by atoms with Gasteiger partial charge in [-0.15, -0.1) is 5.10 Å². The number of benzene rings is 1. The number of ether oxygens (including phenoxy) is 2. The molecule has 0 unspecified atom stereocenters. The largest absolute Gasteiger partial charge is 0.494 e. The second-order valence-corrected chi connectivity index (χ2v) is 4.20. The molecule has 0 saturated carbocycles. The highest BCUT2D eigenvalue weighted by Gasteiger charge is 2.18. The van der Waals surface area contributed by atoms with Gasteiger partial charge in [-0.2, -0.15) is 0 Å². The van der Waals surface area contributed by atoms with Crippen molar-refractivity contribution in [1.29, 1.82) is 0 Å². The van der Waals surface area contributed by atoms with Gasteiger partial charge in [0.25, 0.3) is 0 Å². The molecule has 0 radical (unpaired) electrons. The summed E-state index contributed by atoms with van der Waals surface area (Å²) in [4.78, 5) is 11.1. The summed E-state index contributed by atoms with van der Waals surface area (Å²) < 4.78 is 12.4. The first-order valence-electron chi connectivity index (χ1n) is 6.67. The molecule has 0 saturated heterocycles. The van der Waals surface area contributed by atoms with Gasteiger partial charge in [0, 0.05) is 6.54 Å². The first-order valence-corrected chi connectivity index (χ1v) is 6.67. The molecule has 0 amide bonds. The summed E-state index contributed by atoms with van der Waals surface area (Å²) in [6.07, 6.45) is 0. The Morgan fingerprint density at radius 1 is 1.19 bits per heavy atom. The molecular weight excluding hydrogens is 274 g/mol. The lowest BCUT2D eigenvalue weighted by Gasteiger charge is -2.09. The Balaban J connectivity index is 2.08. The highest BCUT2D eigenvalue weighted by molar-refractivity contribution is 5.86. The summed E-state index contributed by atoms with van der Waals surface area (Å²) in [6.45, 7) is 5.00. The normalized spacial score (nSPS) is 10.4. The number of rotatable bonds is 7. The molecule has 0 atom stereocenters. The van der Waals surface area contributed by atoms with Crippen LogP contribution in [0, 0.1) is 0 Å². The standard InChI is InChI=1S/C14H17N3O4/c1-3-17-12(13(14(18)19)15-16-17)9-21-11-7-5-10(6-8-11)20-4-2/h5-8H,3-4,9H2,1-2H3,(H,18,19). The number of aryl methyl sites for hydroxylation is 1. The zero-order chi connectivity index (χ0) is 15.2. The maximum atomic E-state index is 11.1. The predicted molar refractivity (Wildman–Crippen MR) is 74.6 cm³/mol. The van der Waals surface area contributed by atoms with E-state index in [0.717, 1.165) is 5.75 Å². The number of carboxylic acid groups (broad SMARTS) is 1. The number of aromatic nitrogens is 3. The van der Waals surface area contributed by atoms with E-state index in [1.165, 1.54) is 4.68 Å². The molecule has 0 spiro atoms. The monoisotopic (exact) mass is 291 g/mol. The summed E-state index contributed by atoms with van der Waals surface area (Å²) in [7, 11) is 0. The Bertz CT molecular complexity index is 607. The number of hydrogen-bond donors (Lipinski definition) is 1. The van der Waals surface area contributed by atoms with Crippen molar-refractivity contribution in [3.63, 3.8) is 0 Å². The van der Waals surface area contributed by atoms with E-state index in [1.54, 1.807) is 24.3 Å². The van der Waals surface area contributed by atoms with Crippen LogP contribution in [0.15, 0.2) is 24.3 Å². The molecule has 1 heterocycles. The Hall–Kier alpha value is -2.57. The molecule has 21 heavy (non-hydrogen) atoms. The summed E-state index contributed by atoms with van der Waals surface area (Å²) in [5.41, 5.74) is 0.363. The molecule has 7 heteroatoms. The highest BCUT2D eigenvalue weighted by atomic mass is 16.5. The summed E-state index contributed by atoms with van der Waals surface area (Å²) in [6, 6.07) is 7.13. The Kier molecular flexibility index (Phi) is 4.76. The molecule has 2 aromatic rings. The van der Waals surface area contributed by atoms with Crippen molar-refractivity contribution in [2.45, 2.75) is 27.0 Å². The number of carbonyl (C=O) groups is 1. The van der Waals surface area contributed by atoms with Gasteiger partial charge in [0.05, 0.1) is 6.61 Å². The molecular formula is C14H17N3O4. The average molecular weight is 291 g/mol. The van der Waals surface area contributed by atoms with Gasteiger partial charge in [-0.25, -0.2) is 9.48 Å². The van der Waals surface area contributed by atoms with E-state index in [9.17, 15) is 4.79 Å². The zero-order valence-electron chi connectivity index (χ0n) is 11.9. The Morgan fingerprint density at radius 2 is 1.81 bits per heavy atom. The van der Waals surface area contributed by atoms with Crippen molar-refractivity contribution >= 4 is 5.97 Å². The van der Waals surface area contributed by atoms with Crippen molar-refractivity contribution < 1.29 is 19.4 Å². The quantitative estimate of drug-likeness (QED) is 0.839. The molecule has 1 N–H and O–H groups in total. The van der Waals surface area contributed by atoms with Crippen LogP contribution in [0.2, 0.25) is 0 Å². The van der Waals surface area contributed by atoms with Gasteiger partial charge in [-0.05, 0) is 38.1 Å². The number of hydrogen-bond acceptors (Lipinski definition) is 5. The molecule has 0 aliphatic carbocycles. The molecule has 0 fully saturated rings.